The largest absolute Gasteiger partial charge is 0.438 e. The van der Waals surface area contributed by atoms with E-state index in [9.17, 15) is 0 Å². The van der Waals surface area contributed by atoms with Crippen molar-refractivity contribution in [2.75, 3.05) is 7.05 Å². The Morgan fingerprint density at radius 3 is 2.56 bits per heavy atom. The summed E-state index contributed by atoms with van der Waals surface area (Å²) in [6, 6.07) is 9.59. The Balaban J connectivity index is 2.06. The zero-order chi connectivity index (χ0) is 12.8. The van der Waals surface area contributed by atoms with Crippen LogP contribution >= 0.6 is 0 Å². The number of benzene rings is 1. The Morgan fingerprint density at radius 2 is 2.00 bits per heavy atom. The van der Waals surface area contributed by atoms with Gasteiger partial charge in [-0.2, -0.15) is 5.26 Å². The quantitative estimate of drug-likeness (QED) is 0.883. The van der Waals surface area contributed by atoms with Gasteiger partial charge in [0.2, 0.25) is 5.88 Å². The number of nitriles is 1. The molecule has 0 bridgehead atoms. The lowest BCUT2D eigenvalue weighted by Crippen LogP contribution is -2.04. The molecule has 2 aromatic rings. The standard InChI is InChI=1S/C13H12N4O/c1-15-7-10-2-4-12(5-3-10)18-13-9-16-11(6-14)8-17-13/h2-5,8-9,15H,7H2,1H3. The van der Waals surface area contributed by atoms with Gasteiger partial charge in [-0.25, -0.2) is 9.97 Å². The van der Waals surface area contributed by atoms with Crippen molar-refractivity contribution in [1.29, 1.82) is 5.26 Å². The first-order valence-electron chi connectivity index (χ1n) is 5.45. The molecule has 0 atom stereocenters. The lowest BCUT2D eigenvalue weighted by molar-refractivity contribution is 0.459. The van der Waals surface area contributed by atoms with E-state index in [1.165, 1.54) is 18.0 Å². The second-order valence-electron chi connectivity index (χ2n) is 3.63. The van der Waals surface area contributed by atoms with E-state index in [4.69, 9.17) is 10.00 Å². The summed E-state index contributed by atoms with van der Waals surface area (Å²) in [7, 11) is 1.90. The van der Waals surface area contributed by atoms with E-state index in [-0.39, 0.29) is 5.69 Å². The van der Waals surface area contributed by atoms with Crippen LogP contribution in [0, 0.1) is 11.3 Å². The average Bonchev–Trinajstić information content (AvgIpc) is 2.42. The molecule has 0 amide bonds. The van der Waals surface area contributed by atoms with Gasteiger partial charge in [0.25, 0.3) is 0 Å². The topological polar surface area (TPSA) is 70.8 Å². The van der Waals surface area contributed by atoms with E-state index in [1.807, 2.05) is 37.4 Å². The highest BCUT2D eigenvalue weighted by Crippen LogP contribution is 2.18. The highest BCUT2D eigenvalue weighted by atomic mass is 16.5. The van der Waals surface area contributed by atoms with E-state index in [0.717, 1.165) is 6.54 Å². The van der Waals surface area contributed by atoms with Gasteiger partial charge in [-0.05, 0) is 24.7 Å². The third-order valence-corrected chi connectivity index (χ3v) is 2.27. The molecule has 1 aromatic heterocycles. The van der Waals surface area contributed by atoms with Crippen molar-refractivity contribution >= 4 is 0 Å². The van der Waals surface area contributed by atoms with E-state index in [2.05, 4.69) is 15.3 Å². The number of nitrogens with one attached hydrogen (secondary N) is 1. The van der Waals surface area contributed by atoms with Crippen molar-refractivity contribution in [2.24, 2.45) is 0 Å². The van der Waals surface area contributed by atoms with Crippen molar-refractivity contribution in [3.8, 4) is 17.7 Å². The smallest absolute Gasteiger partial charge is 0.237 e. The molecular weight excluding hydrogens is 228 g/mol. The molecule has 0 unspecified atom stereocenters. The Bertz CT molecular complexity index is 543. The summed E-state index contributed by atoms with van der Waals surface area (Å²) in [5, 5.41) is 11.7. The van der Waals surface area contributed by atoms with Gasteiger partial charge in [0, 0.05) is 6.54 Å². The molecule has 0 saturated carbocycles. The molecule has 0 saturated heterocycles. The molecule has 0 aliphatic carbocycles. The molecule has 0 fully saturated rings. The second kappa shape index (κ2) is 5.75. The van der Waals surface area contributed by atoms with Crippen molar-refractivity contribution in [3.63, 3.8) is 0 Å². The van der Waals surface area contributed by atoms with Gasteiger partial charge in [-0.1, -0.05) is 12.1 Å². The molecule has 0 spiro atoms. The molecule has 5 nitrogen and oxygen atoms in total. The van der Waals surface area contributed by atoms with Gasteiger partial charge in [0.05, 0.1) is 12.4 Å². The average molecular weight is 240 g/mol. The van der Waals surface area contributed by atoms with Gasteiger partial charge < -0.3 is 10.1 Å². The molecule has 1 heterocycles. The van der Waals surface area contributed by atoms with Crippen LogP contribution in [0.15, 0.2) is 36.7 Å². The third-order valence-electron chi connectivity index (χ3n) is 2.27. The molecule has 0 aliphatic rings. The van der Waals surface area contributed by atoms with Crippen LogP contribution in [-0.4, -0.2) is 17.0 Å². The van der Waals surface area contributed by atoms with Gasteiger partial charge in [0.1, 0.15) is 11.8 Å². The van der Waals surface area contributed by atoms with Crippen molar-refractivity contribution in [3.05, 3.63) is 47.9 Å². The maximum Gasteiger partial charge on any atom is 0.237 e. The summed E-state index contributed by atoms with van der Waals surface area (Å²) in [6.07, 6.45) is 2.81. The summed E-state index contributed by atoms with van der Waals surface area (Å²) in [4.78, 5) is 7.87. The molecule has 5 heteroatoms. The molecule has 18 heavy (non-hydrogen) atoms. The van der Waals surface area contributed by atoms with E-state index in [1.54, 1.807) is 0 Å². The first kappa shape index (κ1) is 12.0. The first-order valence-corrected chi connectivity index (χ1v) is 5.45. The summed E-state index contributed by atoms with van der Waals surface area (Å²) in [6.45, 7) is 0.816. The van der Waals surface area contributed by atoms with Crippen LogP contribution < -0.4 is 10.1 Å². The zero-order valence-corrected chi connectivity index (χ0v) is 9.92. The zero-order valence-electron chi connectivity index (χ0n) is 9.92. The van der Waals surface area contributed by atoms with Crippen LogP contribution in [0.1, 0.15) is 11.3 Å². The van der Waals surface area contributed by atoms with Crippen LogP contribution in [0.25, 0.3) is 0 Å². The van der Waals surface area contributed by atoms with Crippen LogP contribution in [-0.2, 0) is 6.54 Å². The Hall–Kier alpha value is -2.45. The first-order chi connectivity index (χ1) is 8.81. The predicted molar refractivity (Wildman–Crippen MR) is 66.0 cm³/mol. The monoisotopic (exact) mass is 240 g/mol. The van der Waals surface area contributed by atoms with Crippen molar-refractivity contribution in [2.45, 2.75) is 6.54 Å². The van der Waals surface area contributed by atoms with Gasteiger partial charge in [0.15, 0.2) is 5.69 Å². The minimum Gasteiger partial charge on any atom is -0.438 e. The van der Waals surface area contributed by atoms with Gasteiger partial charge in [-0.15, -0.1) is 0 Å². The van der Waals surface area contributed by atoms with Crippen LogP contribution in [0.2, 0.25) is 0 Å². The van der Waals surface area contributed by atoms with Crippen molar-refractivity contribution in [1.82, 2.24) is 15.3 Å². The predicted octanol–water partition coefficient (Wildman–Crippen LogP) is 1.86. The molecule has 1 N–H and O–H groups in total. The number of rotatable bonds is 4. The van der Waals surface area contributed by atoms with Gasteiger partial charge >= 0.3 is 0 Å². The fraction of sp³-hybridized carbons (Fsp3) is 0.154. The summed E-state index contributed by atoms with van der Waals surface area (Å²) in [5.41, 5.74) is 1.45. The number of nitrogens with zero attached hydrogens (tertiary/aromatic N) is 3. The van der Waals surface area contributed by atoms with E-state index >= 15 is 0 Å². The number of ether oxygens (including phenoxy) is 1. The minimum absolute atomic E-state index is 0.270. The molecule has 90 valence electrons. The highest BCUT2D eigenvalue weighted by Gasteiger charge is 2.00. The van der Waals surface area contributed by atoms with Gasteiger partial charge in [-0.3, -0.25) is 0 Å². The SMILES string of the molecule is CNCc1ccc(Oc2cnc(C#N)cn2)cc1. The van der Waals surface area contributed by atoms with E-state index < -0.39 is 0 Å². The molecule has 0 aliphatic heterocycles. The lowest BCUT2D eigenvalue weighted by Gasteiger charge is -2.05. The molecular formula is C13H12N4O. The number of hydrogen-bond donors (Lipinski definition) is 1. The lowest BCUT2D eigenvalue weighted by atomic mass is 10.2. The van der Waals surface area contributed by atoms with Crippen LogP contribution in [0.4, 0.5) is 0 Å². The van der Waals surface area contributed by atoms with Crippen LogP contribution in [0.5, 0.6) is 11.6 Å². The summed E-state index contributed by atoms with van der Waals surface area (Å²) >= 11 is 0. The summed E-state index contributed by atoms with van der Waals surface area (Å²) < 4.78 is 5.51. The maximum absolute atomic E-state index is 8.60. The maximum atomic E-state index is 8.60. The van der Waals surface area contributed by atoms with Crippen LogP contribution in [0.3, 0.4) is 0 Å². The highest BCUT2D eigenvalue weighted by molar-refractivity contribution is 5.30. The van der Waals surface area contributed by atoms with E-state index in [0.29, 0.717) is 11.6 Å². The normalized spacial score (nSPS) is 9.78. The molecule has 1 aromatic carbocycles. The molecule has 0 radical (unpaired) electrons. The second-order valence-corrected chi connectivity index (χ2v) is 3.63. The third kappa shape index (κ3) is 3.03. The fourth-order valence-electron chi connectivity index (χ4n) is 1.43. The fourth-order valence-corrected chi connectivity index (χ4v) is 1.43. The Morgan fingerprint density at radius 1 is 1.22 bits per heavy atom. The Kier molecular flexibility index (Phi) is 3.84. The molecule has 2 rings (SSSR count). The van der Waals surface area contributed by atoms with Crippen molar-refractivity contribution < 1.29 is 4.74 Å². The minimum atomic E-state index is 0.270. The number of hydrogen-bond acceptors (Lipinski definition) is 5. The summed E-state index contributed by atoms with van der Waals surface area (Å²) in [5.74, 6) is 1.06. The number of aromatic nitrogens is 2. The Labute approximate surface area is 105 Å².